The van der Waals surface area contributed by atoms with Gasteiger partial charge in [0.1, 0.15) is 11.1 Å². The largest absolute Gasteiger partial charge is 0.497 e. The molecule has 1 atom stereocenters. The third-order valence-corrected chi connectivity index (χ3v) is 6.32. The van der Waals surface area contributed by atoms with E-state index in [2.05, 4.69) is 5.32 Å². The van der Waals surface area contributed by atoms with E-state index >= 15 is 0 Å². The highest BCUT2D eigenvalue weighted by molar-refractivity contribution is 8.00. The summed E-state index contributed by atoms with van der Waals surface area (Å²) in [6.07, 6.45) is -4.46. The maximum atomic E-state index is 12.7. The summed E-state index contributed by atoms with van der Waals surface area (Å²) in [5.41, 5.74) is 1.27. The predicted octanol–water partition coefficient (Wildman–Crippen LogP) is 5.74. The van der Waals surface area contributed by atoms with Crippen LogP contribution in [0.15, 0.2) is 72.8 Å². The van der Waals surface area contributed by atoms with Crippen molar-refractivity contribution in [3.63, 3.8) is 0 Å². The summed E-state index contributed by atoms with van der Waals surface area (Å²) >= 11 is 1.46. The lowest BCUT2D eigenvalue weighted by Crippen LogP contribution is -2.27. The molecule has 0 aromatic heterocycles. The van der Waals surface area contributed by atoms with Crippen molar-refractivity contribution in [2.45, 2.75) is 11.6 Å². The number of methoxy groups -OCH3 is 1. The number of nitrogens with zero attached hydrogens (tertiary/aromatic N) is 1. The lowest BCUT2D eigenvalue weighted by atomic mass is 10.1. The van der Waals surface area contributed by atoms with E-state index in [1.807, 2.05) is 18.2 Å². The molecular weight excluding hydrogens is 453 g/mol. The molecule has 0 saturated carbocycles. The Hall–Kier alpha value is -3.46. The molecule has 1 aliphatic heterocycles. The van der Waals surface area contributed by atoms with Crippen molar-refractivity contribution in [2.24, 2.45) is 0 Å². The molecule has 0 aliphatic carbocycles. The van der Waals surface area contributed by atoms with Gasteiger partial charge < -0.3 is 10.1 Å². The molecular formula is C24H19F3N2O3S. The Bertz CT molecular complexity index is 1180. The molecule has 0 radical (unpaired) electrons. The number of hydrogen-bond donors (Lipinski definition) is 1. The normalized spacial score (nSPS) is 16.1. The molecule has 0 bridgehead atoms. The van der Waals surface area contributed by atoms with E-state index in [-0.39, 0.29) is 16.8 Å². The van der Waals surface area contributed by atoms with Crippen LogP contribution in [-0.4, -0.2) is 24.7 Å². The average molecular weight is 472 g/mol. The fraction of sp³-hybridized carbons (Fsp3) is 0.167. The molecule has 3 aromatic rings. The fourth-order valence-corrected chi connectivity index (χ4v) is 4.66. The summed E-state index contributed by atoms with van der Waals surface area (Å²) in [7, 11) is 1.56. The number of carbonyl (C=O) groups is 2. The molecule has 1 fully saturated rings. The Morgan fingerprint density at radius 3 is 2.48 bits per heavy atom. The average Bonchev–Trinajstić information content (AvgIpc) is 3.20. The Morgan fingerprint density at radius 1 is 1.06 bits per heavy atom. The minimum absolute atomic E-state index is 0.0440. The minimum Gasteiger partial charge on any atom is -0.497 e. The van der Waals surface area contributed by atoms with Crippen molar-refractivity contribution in [2.75, 3.05) is 23.1 Å². The number of nitrogens with one attached hydrogen (secondary N) is 1. The summed E-state index contributed by atoms with van der Waals surface area (Å²) < 4.78 is 43.5. The van der Waals surface area contributed by atoms with Crippen LogP contribution in [0.5, 0.6) is 5.75 Å². The van der Waals surface area contributed by atoms with E-state index in [0.29, 0.717) is 22.9 Å². The van der Waals surface area contributed by atoms with Crippen LogP contribution in [0.2, 0.25) is 0 Å². The van der Waals surface area contributed by atoms with Gasteiger partial charge in [0.25, 0.3) is 5.91 Å². The van der Waals surface area contributed by atoms with Gasteiger partial charge in [-0.25, -0.2) is 0 Å². The number of ether oxygens (including phenoxy) is 1. The van der Waals surface area contributed by atoms with Gasteiger partial charge in [-0.15, -0.1) is 11.8 Å². The summed E-state index contributed by atoms with van der Waals surface area (Å²) in [6.45, 7) is 0. The summed E-state index contributed by atoms with van der Waals surface area (Å²) in [4.78, 5) is 26.8. The third kappa shape index (κ3) is 4.98. The smallest absolute Gasteiger partial charge is 0.416 e. The molecule has 0 unspecified atom stereocenters. The van der Waals surface area contributed by atoms with E-state index < -0.39 is 17.6 Å². The zero-order valence-electron chi connectivity index (χ0n) is 17.4. The lowest BCUT2D eigenvalue weighted by molar-refractivity contribution is -0.137. The van der Waals surface area contributed by atoms with Gasteiger partial charge >= 0.3 is 6.18 Å². The van der Waals surface area contributed by atoms with Crippen LogP contribution in [0, 0.1) is 0 Å². The maximum Gasteiger partial charge on any atom is 0.416 e. The predicted molar refractivity (Wildman–Crippen MR) is 122 cm³/mol. The quantitative estimate of drug-likeness (QED) is 0.514. The summed E-state index contributed by atoms with van der Waals surface area (Å²) in [5, 5.41) is 2.41. The Balaban J connectivity index is 1.54. The second-order valence-electron chi connectivity index (χ2n) is 7.28. The van der Waals surface area contributed by atoms with E-state index in [0.717, 1.165) is 29.8 Å². The van der Waals surface area contributed by atoms with Crippen molar-refractivity contribution in [3.8, 4) is 5.75 Å². The number of benzene rings is 3. The molecule has 1 saturated heterocycles. The van der Waals surface area contributed by atoms with Gasteiger partial charge in [-0.05, 0) is 54.1 Å². The lowest BCUT2D eigenvalue weighted by Gasteiger charge is -2.25. The van der Waals surface area contributed by atoms with Crippen molar-refractivity contribution in [3.05, 3.63) is 89.5 Å². The number of thioether (sulfide) groups is 1. The molecule has 1 heterocycles. The molecule has 4 rings (SSSR count). The van der Waals surface area contributed by atoms with Gasteiger partial charge in [-0.1, -0.05) is 18.2 Å². The van der Waals surface area contributed by atoms with E-state index in [1.54, 1.807) is 42.3 Å². The number of alkyl halides is 3. The maximum absolute atomic E-state index is 12.7. The van der Waals surface area contributed by atoms with Gasteiger partial charge in [0.2, 0.25) is 5.91 Å². The van der Waals surface area contributed by atoms with E-state index in [1.165, 1.54) is 11.8 Å². The van der Waals surface area contributed by atoms with Crippen LogP contribution in [0.4, 0.5) is 24.5 Å². The van der Waals surface area contributed by atoms with Gasteiger partial charge in [0.05, 0.1) is 18.4 Å². The molecule has 5 nitrogen and oxygen atoms in total. The molecule has 9 heteroatoms. The van der Waals surface area contributed by atoms with E-state index in [9.17, 15) is 22.8 Å². The third-order valence-electron chi connectivity index (χ3n) is 5.10. The van der Waals surface area contributed by atoms with Crippen molar-refractivity contribution in [1.29, 1.82) is 0 Å². The SMILES string of the molecule is COc1cccc(N2C(=O)CS[C@H]2c2cccc(NC(=O)c3ccc(C(F)(F)F)cc3)c2)c1. The first-order chi connectivity index (χ1) is 15.8. The molecule has 3 aromatic carbocycles. The highest BCUT2D eigenvalue weighted by Crippen LogP contribution is 2.43. The number of anilines is 2. The van der Waals surface area contributed by atoms with Gasteiger partial charge in [0.15, 0.2) is 0 Å². The van der Waals surface area contributed by atoms with Crippen molar-refractivity contribution >= 4 is 35.0 Å². The van der Waals surface area contributed by atoms with Crippen molar-refractivity contribution < 1.29 is 27.5 Å². The molecule has 1 N–H and O–H groups in total. The number of hydrogen-bond acceptors (Lipinski definition) is 4. The fourth-order valence-electron chi connectivity index (χ4n) is 3.49. The number of halogens is 3. The van der Waals surface area contributed by atoms with Crippen LogP contribution in [0.3, 0.4) is 0 Å². The first-order valence-corrected chi connectivity index (χ1v) is 11.0. The second-order valence-corrected chi connectivity index (χ2v) is 8.35. The van der Waals surface area contributed by atoms with Crippen LogP contribution in [-0.2, 0) is 11.0 Å². The van der Waals surface area contributed by atoms with Crippen LogP contribution >= 0.6 is 11.8 Å². The monoisotopic (exact) mass is 472 g/mol. The standard InChI is InChI=1S/C24H19F3N2O3S/c1-32-20-7-3-6-19(13-20)29-21(30)14-33-23(29)16-4-2-5-18(12-16)28-22(31)15-8-10-17(11-9-15)24(25,26)27/h2-13,23H,14H2,1H3,(H,28,31)/t23-/m0/s1. The van der Waals surface area contributed by atoms with Crippen LogP contribution in [0.1, 0.15) is 26.9 Å². The Morgan fingerprint density at radius 2 is 1.79 bits per heavy atom. The summed E-state index contributed by atoms with van der Waals surface area (Å²) in [6, 6.07) is 18.3. The molecule has 1 aliphatic rings. The first kappa shape index (κ1) is 22.7. The van der Waals surface area contributed by atoms with Gasteiger partial charge in [0, 0.05) is 23.0 Å². The van der Waals surface area contributed by atoms with E-state index in [4.69, 9.17) is 4.74 Å². The van der Waals surface area contributed by atoms with Gasteiger partial charge in [-0.2, -0.15) is 13.2 Å². The van der Waals surface area contributed by atoms with Crippen molar-refractivity contribution in [1.82, 2.24) is 0 Å². The highest BCUT2D eigenvalue weighted by Gasteiger charge is 2.34. The summed E-state index contributed by atoms with van der Waals surface area (Å²) in [5.74, 6) is 0.371. The Labute approximate surface area is 192 Å². The molecule has 0 spiro atoms. The highest BCUT2D eigenvalue weighted by atomic mass is 32.2. The minimum atomic E-state index is -4.46. The van der Waals surface area contributed by atoms with Crippen LogP contribution in [0.25, 0.3) is 0 Å². The Kier molecular flexibility index (Phi) is 6.33. The van der Waals surface area contributed by atoms with Gasteiger partial charge in [-0.3, -0.25) is 14.5 Å². The second kappa shape index (κ2) is 9.19. The number of rotatable bonds is 5. The molecule has 170 valence electrons. The number of amides is 2. The zero-order chi connectivity index (χ0) is 23.6. The zero-order valence-corrected chi connectivity index (χ0v) is 18.2. The number of carbonyl (C=O) groups excluding carboxylic acids is 2. The molecule has 2 amide bonds. The molecule has 33 heavy (non-hydrogen) atoms. The topological polar surface area (TPSA) is 58.6 Å². The first-order valence-electron chi connectivity index (χ1n) is 9.92. The van der Waals surface area contributed by atoms with Crippen LogP contribution < -0.4 is 15.0 Å².